The molecule has 1 aromatic carbocycles. The number of amides is 1. The first-order chi connectivity index (χ1) is 14.8. The van der Waals surface area contributed by atoms with Gasteiger partial charge in [0.1, 0.15) is 11.6 Å². The van der Waals surface area contributed by atoms with Crippen LogP contribution in [0.25, 0.3) is 0 Å². The summed E-state index contributed by atoms with van der Waals surface area (Å²) in [6, 6.07) is 5.58. The molecule has 3 rings (SSSR count). The van der Waals surface area contributed by atoms with Crippen LogP contribution in [0.2, 0.25) is 0 Å². The number of aromatic nitrogens is 2. The van der Waals surface area contributed by atoms with E-state index in [1.54, 1.807) is 13.2 Å². The summed E-state index contributed by atoms with van der Waals surface area (Å²) in [6.45, 7) is 11.6. The SMILES string of the molecule is CCCOc1c(Br)cc(C(=O)N2CCN(c3cc(C)nc(C(C)C)n3)CC2)cc1OC. The molecule has 0 spiro atoms. The van der Waals surface area contributed by atoms with E-state index in [4.69, 9.17) is 14.5 Å². The quantitative estimate of drug-likeness (QED) is 0.571. The Labute approximate surface area is 192 Å². The van der Waals surface area contributed by atoms with Gasteiger partial charge in [-0.2, -0.15) is 0 Å². The summed E-state index contributed by atoms with van der Waals surface area (Å²) in [6.07, 6.45) is 0.894. The fraction of sp³-hybridized carbons (Fsp3) is 0.522. The standard InChI is InChI=1S/C23H31BrN4O3/c1-6-11-31-21-18(24)13-17(14-19(21)30-5)23(29)28-9-7-27(8-10-28)20-12-16(4)25-22(26-20)15(2)3/h12-15H,6-11H2,1-5H3. The molecule has 31 heavy (non-hydrogen) atoms. The van der Waals surface area contributed by atoms with Gasteiger partial charge in [0.15, 0.2) is 11.5 Å². The Bertz CT molecular complexity index is 927. The predicted octanol–water partition coefficient (Wildman–Crippen LogP) is 4.43. The highest BCUT2D eigenvalue weighted by atomic mass is 79.9. The van der Waals surface area contributed by atoms with Crippen molar-refractivity contribution in [2.75, 3.05) is 44.8 Å². The van der Waals surface area contributed by atoms with E-state index in [2.05, 4.69) is 39.7 Å². The summed E-state index contributed by atoms with van der Waals surface area (Å²) >= 11 is 3.53. The van der Waals surface area contributed by atoms with Crippen LogP contribution in [0.3, 0.4) is 0 Å². The van der Waals surface area contributed by atoms with Crippen molar-refractivity contribution in [2.45, 2.75) is 40.0 Å². The summed E-state index contributed by atoms with van der Waals surface area (Å²) in [7, 11) is 1.59. The molecule has 0 atom stereocenters. The van der Waals surface area contributed by atoms with Crippen molar-refractivity contribution in [1.29, 1.82) is 0 Å². The number of hydrogen-bond donors (Lipinski definition) is 0. The molecule has 0 unspecified atom stereocenters. The minimum Gasteiger partial charge on any atom is -0.493 e. The van der Waals surface area contributed by atoms with Crippen molar-refractivity contribution < 1.29 is 14.3 Å². The summed E-state index contributed by atoms with van der Waals surface area (Å²) < 4.78 is 12.0. The number of aryl methyl sites for hydroxylation is 1. The monoisotopic (exact) mass is 490 g/mol. The maximum absolute atomic E-state index is 13.2. The van der Waals surface area contributed by atoms with Crippen LogP contribution in [0, 0.1) is 6.92 Å². The van der Waals surface area contributed by atoms with Crippen LogP contribution in [0.1, 0.15) is 55.0 Å². The second-order valence-corrected chi connectivity index (χ2v) is 8.85. The third-order valence-corrected chi connectivity index (χ3v) is 5.78. The van der Waals surface area contributed by atoms with Gasteiger partial charge in [-0.25, -0.2) is 9.97 Å². The number of ether oxygens (including phenoxy) is 2. The van der Waals surface area contributed by atoms with Gasteiger partial charge in [0, 0.05) is 49.4 Å². The van der Waals surface area contributed by atoms with E-state index in [0.717, 1.165) is 41.3 Å². The van der Waals surface area contributed by atoms with Crippen LogP contribution >= 0.6 is 15.9 Å². The predicted molar refractivity (Wildman–Crippen MR) is 125 cm³/mol. The Morgan fingerprint density at radius 2 is 1.87 bits per heavy atom. The van der Waals surface area contributed by atoms with Crippen molar-refractivity contribution >= 4 is 27.7 Å². The molecule has 2 heterocycles. The number of methoxy groups -OCH3 is 1. The fourth-order valence-corrected chi connectivity index (χ4v) is 4.06. The molecule has 0 N–H and O–H groups in total. The third-order valence-electron chi connectivity index (χ3n) is 5.19. The first-order valence-corrected chi connectivity index (χ1v) is 11.5. The first-order valence-electron chi connectivity index (χ1n) is 10.7. The fourth-order valence-electron chi connectivity index (χ4n) is 3.50. The molecule has 1 amide bonds. The maximum Gasteiger partial charge on any atom is 0.254 e. The second-order valence-electron chi connectivity index (χ2n) is 8.00. The second kappa shape index (κ2) is 10.3. The van der Waals surface area contributed by atoms with E-state index in [0.29, 0.717) is 36.8 Å². The summed E-state index contributed by atoms with van der Waals surface area (Å²) in [5.74, 6) is 3.25. The largest absolute Gasteiger partial charge is 0.493 e. The zero-order chi connectivity index (χ0) is 22.5. The van der Waals surface area contributed by atoms with Crippen molar-refractivity contribution in [3.63, 3.8) is 0 Å². The molecule has 1 saturated heterocycles. The highest BCUT2D eigenvalue weighted by Gasteiger charge is 2.25. The van der Waals surface area contributed by atoms with Crippen molar-refractivity contribution in [3.8, 4) is 11.5 Å². The third kappa shape index (κ3) is 5.47. The van der Waals surface area contributed by atoms with Crippen LogP contribution < -0.4 is 14.4 Å². The van der Waals surface area contributed by atoms with Crippen molar-refractivity contribution in [1.82, 2.24) is 14.9 Å². The Balaban J connectivity index is 1.71. The van der Waals surface area contributed by atoms with Crippen LogP contribution in [-0.4, -0.2) is 60.7 Å². The van der Waals surface area contributed by atoms with Gasteiger partial charge in [0.2, 0.25) is 0 Å². The molecule has 0 aliphatic carbocycles. The molecule has 7 nitrogen and oxygen atoms in total. The van der Waals surface area contributed by atoms with Gasteiger partial charge in [-0.1, -0.05) is 20.8 Å². The molecule has 0 saturated carbocycles. The van der Waals surface area contributed by atoms with E-state index >= 15 is 0 Å². The number of benzene rings is 1. The number of nitrogens with zero attached hydrogens (tertiary/aromatic N) is 4. The molecule has 0 bridgehead atoms. The van der Waals surface area contributed by atoms with Gasteiger partial charge in [-0.05, 0) is 41.4 Å². The smallest absolute Gasteiger partial charge is 0.254 e. The highest BCUT2D eigenvalue weighted by Crippen LogP contribution is 2.37. The van der Waals surface area contributed by atoms with Gasteiger partial charge in [-0.3, -0.25) is 4.79 Å². The molecule has 1 aromatic heterocycles. The molecule has 0 radical (unpaired) electrons. The molecule has 168 valence electrons. The minimum atomic E-state index is -0.0116. The summed E-state index contributed by atoms with van der Waals surface area (Å²) in [5.41, 5.74) is 1.55. The molecular formula is C23H31BrN4O3. The van der Waals surface area contributed by atoms with Gasteiger partial charge in [0.25, 0.3) is 5.91 Å². The number of anilines is 1. The Kier molecular flexibility index (Phi) is 7.75. The zero-order valence-electron chi connectivity index (χ0n) is 18.9. The number of piperazine rings is 1. The lowest BCUT2D eigenvalue weighted by atomic mass is 10.1. The Hall–Kier alpha value is -2.35. The number of rotatable bonds is 7. The van der Waals surface area contributed by atoms with Gasteiger partial charge >= 0.3 is 0 Å². The van der Waals surface area contributed by atoms with Crippen LogP contribution in [0.4, 0.5) is 5.82 Å². The molecule has 8 heteroatoms. The average molecular weight is 491 g/mol. The van der Waals surface area contributed by atoms with Crippen molar-refractivity contribution in [2.24, 2.45) is 0 Å². The number of halogens is 1. The van der Waals surface area contributed by atoms with E-state index in [9.17, 15) is 4.79 Å². The zero-order valence-corrected chi connectivity index (χ0v) is 20.5. The molecule has 1 fully saturated rings. The number of carbonyl (C=O) groups excluding carboxylic acids is 1. The summed E-state index contributed by atoms with van der Waals surface area (Å²) in [4.78, 5) is 26.5. The lowest BCUT2D eigenvalue weighted by molar-refractivity contribution is 0.0746. The Morgan fingerprint density at radius 3 is 2.48 bits per heavy atom. The average Bonchev–Trinajstić information content (AvgIpc) is 2.77. The van der Waals surface area contributed by atoms with E-state index in [1.165, 1.54) is 0 Å². The van der Waals surface area contributed by atoms with Crippen LogP contribution in [-0.2, 0) is 0 Å². The van der Waals surface area contributed by atoms with Gasteiger partial charge in [0.05, 0.1) is 18.2 Å². The van der Waals surface area contributed by atoms with Crippen molar-refractivity contribution in [3.05, 3.63) is 39.8 Å². The maximum atomic E-state index is 13.2. The summed E-state index contributed by atoms with van der Waals surface area (Å²) in [5, 5.41) is 0. The van der Waals surface area contributed by atoms with Crippen LogP contribution in [0.15, 0.2) is 22.7 Å². The highest BCUT2D eigenvalue weighted by molar-refractivity contribution is 9.10. The minimum absolute atomic E-state index is 0.0116. The molecular weight excluding hydrogens is 460 g/mol. The van der Waals surface area contributed by atoms with Gasteiger partial charge in [-0.15, -0.1) is 0 Å². The van der Waals surface area contributed by atoms with Gasteiger partial charge < -0.3 is 19.3 Å². The molecule has 2 aromatic rings. The number of carbonyl (C=O) groups is 1. The molecule has 1 aliphatic rings. The first kappa shape index (κ1) is 23.3. The van der Waals surface area contributed by atoms with E-state index in [-0.39, 0.29) is 11.8 Å². The van der Waals surface area contributed by atoms with E-state index < -0.39 is 0 Å². The normalized spacial score (nSPS) is 14.2. The number of hydrogen-bond acceptors (Lipinski definition) is 6. The molecule has 1 aliphatic heterocycles. The van der Waals surface area contributed by atoms with E-state index in [1.807, 2.05) is 30.9 Å². The lowest BCUT2D eigenvalue weighted by Crippen LogP contribution is -2.49. The Morgan fingerprint density at radius 1 is 1.16 bits per heavy atom. The lowest BCUT2D eigenvalue weighted by Gasteiger charge is -2.35. The topological polar surface area (TPSA) is 67.8 Å². The van der Waals surface area contributed by atoms with Crippen LogP contribution in [0.5, 0.6) is 11.5 Å².